The van der Waals surface area contributed by atoms with Gasteiger partial charge in [-0.2, -0.15) is 0 Å². The summed E-state index contributed by atoms with van der Waals surface area (Å²) in [6.45, 7) is 1.69. The highest BCUT2D eigenvalue weighted by Gasteiger charge is 2.24. The van der Waals surface area contributed by atoms with Crippen LogP contribution in [0, 0.1) is 10.1 Å². The highest BCUT2D eigenvalue weighted by molar-refractivity contribution is 7.90. The van der Waals surface area contributed by atoms with Gasteiger partial charge in [0.25, 0.3) is 0 Å². The molecule has 0 bridgehead atoms. The summed E-state index contributed by atoms with van der Waals surface area (Å²) < 4.78 is 22.2. The fourth-order valence-corrected chi connectivity index (χ4v) is 3.06. The SMILES string of the molecule is C[C@@H](O)c1cc([N+](=O)[O-])c(N(C)CCS(C)(=O)=O)s1. The number of anilines is 1. The van der Waals surface area contributed by atoms with Crippen molar-refractivity contribution in [1.82, 2.24) is 0 Å². The van der Waals surface area contributed by atoms with Crippen LogP contribution in [0.15, 0.2) is 6.07 Å². The normalized spacial score (nSPS) is 13.3. The van der Waals surface area contributed by atoms with Gasteiger partial charge in [-0.1, -0.05) is 0 Å². The van der Waals surface area contributed by atoms with Gasteiger partial charge in [0.05, 0.1) is 16.8 Å². The molecule has 0 saturated heterocycles. The van der Waals surface area contributed by atoms with E-state index in [-0.39, 0.29) is 18.0 Å². The van der Waals surface area contributed by atoms with Crippen molar-refractivity contribution < 1.29 is 18.4 Å². The van der Waals surface area contributed by atoms with Gasteiger partial charge in [0.15, 0.2) is 5.00 Å². The second kappa shape index (κ2) is 5.85. The van der Waals surface area contributed by atoms with E-state index < -0.39 is 20.9 Å². The van der Waals surface area contributed by atoms with E-state index in [0.717, 1.165) is 17.6 Å². The summed E-state index contributed by atoms with van der Waals surface area (Å²) in [5.74, 6) is -0.0808. The van der Waals surface area contributed by atoms with Crippen molar-refractivity contribution in [2.24, 2.45) is 0 Å². The summed E-state index contributed by atoms with van der Waals surface area (Å²) in [7, 11) is -1.53. The molecule has 1 atom stereocenters. The van der Waals surface area contributed by atoms with Gasteiger partial charge in [-0.3, -0.25) is 10.1 Å². The van der Waals surface area contributed by atoms with Crippen LogP contribution < -0.4 is 4.90 Å². The van der Waals surface area contributed by atoms with E-state index in [2.05, 4.69) is 0 Å². The lowest BCUT2D eigenvalue weighted by molar-refractivity contribution is -0.383. The highest BCUT2D eigenvalue weighted by Crippen LogP contribution is 2.39. The lowest BCUT2D eigenvalue weighted by Crippen LogP contribution is -2.24. The van der Waals surface area contributed by atoms with Gasteiger partial charge in [-0.05, 0) is 6.92 Å². The molecular formula is C10H16N2O5S2. The number of rotatable bonds is 6. The maximum Gasteiger partial charge on any atom is 0.304 e. The van der Waals surface area contributed by atoms with E-state index in [4.69, 9.17) is 0 Å². The molecule has 0 aliphatic carbocycles. The Hall–Kier alpha value is -1.19. The van der Waals surface area contributed by atoms with Crippen LogP contribution in [0.2, 0.25) is 0 Å². The van der Waals surface area contributed by atoms with Crippen LogP contribution in [0.4, 0.5) is 10.7 Å². The molecule has 0 unspecified atom stereocenters. The van der Waals surface area contributed by atoms with Gasteiger partial charge < -0.3 is 10.0 Å². The minimum Gasteiger partial charge on any atom is -0.388 e. The molecule has 0 radical (unpaired) electrons. The number of nitro groups is 1. The molecule has 1 aromatic heterocycles. The maximum absolute atomic E-state index is 11.1. The first-order valence-electron chi connectivity index (χ1n) is 5.47. The molecule has 0 aliphatic heterocycles. The van der Waals surface area contributed by atoms with Crippen LogP contribution in [-0.2, 0) is 9.84 Å². The van der Waals surface area contributed by atoms with Crippen LogP contribution in [0.3, 0.4) is 0 Å². The summed E-state index contributed by atoms with van der Waals surface area (Å²) in [5, 5.41) is 20.8. The zero-order valence-corrected chi connectivity index (χ0v) is 12.5. The van der Waals surface area contributed by atoms with Gasteiger partial charge in [-0.15, -0.1) is 11.3 Å². The molecule has 108 valence electrons. The molecule has 0 aromatic carbocycles. The Kier molecular flexibility index (Phi) is 4.88. The predicted octanol–water partition coefficient (Wildman–Crippen LogP) is 1.19. The van der Waals surface area contributed by atoms with Crippen LogP contribution in [0.1, 0.15) is 17.9 Å². The number of aliphatic hydroxyl groups excluding tert-OH is 1. The van der Waals surface area contributed by atoms with E-state index in [9.17, 15) is 23.6 Å². The second-order valence-corrected chi connectivity index (χ2v) is 7.65. The number of nitrogens with zero attached hydrogens (tertiary/aromatic N) is 2. The summed E-state index contributed by atoms with van der Waals surface area (Å²) >= 11 is 1.09. The Morgan fingerprint density at radius 2 is 2.16 bits per heavy atom. The fraction of sp³-hybridized carbons (Fsp3) is 0.600. The predicted molar refractivity (Wildman–Crippen MR) is 74.6 cm³/mol. The molecule has 0 aliphatic rings. The Morgan fingerprint density at radius 3 is 2.58 bits per heavy atom. The topological polar surface area (TPSA) is 101 Å². The number of hydrogen-bond donors (Lipinski definition) is 1. The molecule has 0 amide bonds. The van der Waals surface area contributed by atoms with Crippen molar-refractivity contribution >= 4 is 31.9 Å². The van der Waals surface area contributed by atoms with Gasteiger partial charge in [0.2, 0.25) is 0 Å². The van der Waals surface area contributed by atoms with Gasteiger partial charge in [-0.25, -0.2) is 8.42 Å². The summed E-state index contributed by atoms with van der Waals surface area (Å²) in [6.07, 6.45) is 0.325. The molecule has 9 heteroatoms. The van der Waals surface area contributed by atoms with Crippen molar-refractivity contribution in [3.8, 4) is 0 Å². The first kappa shape index (κ1) is 15.9. The van der Waals surface area contributed by atoms with Crippen molar-refractivity contribution in [3.05, 3.63) is 21.1 Å². The second-order valence-electron chi connectivity index (χ2n) is 4.32. The van der Waals surface area contributed by atoms with E-state index in [1.54, 1.807) is 7.05 Å². The summed E-state index contributed by atoms with van der Waals surface area (Å²) in [5.41, 5.74) is -0.114. The van der Waals surface area contributed by atoms with Crippen LogP contribution >= 0.6 is 11.3 Å². The molecule has 1 N–H and O–H groups in total. The molecule has 1 rings (SSSR count). The van der Waals surface area contributed by atoms with Crippen LogP contribution in [0.5, 0.6) is 0 Å². The average Bonchev–Trinajstić information content (AvgIpc) is 2.69. The standard InChI is InChI=1S/C10H16N2O5S2/c1-7(13)9-6-8(12(14)15)10(18-9)11(2)4-5-19(3,16)17/h6-7,13H,4-5H2,1-3H3/t7-/m1/s1. The maximum atomic E-state index is 11.1. The Bertz CT molecular complexity index is 564. The first-order chi connectivity index (χ1) is 8.61. The lowest BCUT2D eigenvalue weighted by atomic mass is 10.3. The van der Waals surface area contributed by atoms with Crippen LogP contribution in [0.25, 0.3) is 0 Å². The molecule has 0 spiro atoms. The molecule has 1 aromatic rings. The van der Waals surface area contributed by atoms with E-state index in [1.807, 2.05) is 0 Å². The van der Waals surface area contributed by atoms with Gasteiger partial charge >= 0.3 is 5.69 Å². The lowest BCUT2D eigenvalue weighted by Gasteiger charge is -2.15. The number of sulfone groups is 1. The molecule has 19 heavy (non-hydrogen) atoms. The monoisotopic (exact) mass is 308 g/mol. The molecule has 1 heterocycles. The Labute approximate surface area is 115 Å². The van der Waals surface area contributed by atoms with E-state index in [1.165, 1.54) is 17.9 Å². The summed E-state index contributed by atoms with van der Waals surface area (Å²) in [4.78, 5) is 12.4. The minimum absolute atomic E-state index is 0.0808. The average molecular weight is 308 g/mol. The van der Waals surface area contributed by atoms with Gasteiger partial charge in [0, 0.05) is 30.8 Å². The molecule has 0 saturated carbocycles. The first-order valence-corrected chi connectivity index (χ1v) is 8.34. The van der Waals surface area contributed by atoms with Crippen molar-refractivity contribution in [2.75, 3.05) is 30.5 Å². The molecule has 7 nitrogen and oxygen atoms in total. The van der Waals surface area contributed by atoms with Crippen molar-refractivity contribution in [3.63, 3.8) is 0 Å². The van der Waals surface area contributed by atoms with Crippen molar-refractivity contribution in [1.29, 1.82) is 0 Å². The molecular weight excluding hydrogens is 292 g/mol. The van der Waals surface area contributed by atoms with Gasteiger partial charge in [0.1, 0.15) is 9.84 Å². The number of aliphatic hydroxyl groups is 1. The Morgan fingerprint density at radius 1 is 1.58 bits per heavy atom. The molecule has 0 fully saturated rings. The zero-order valence-electron chi connectivity index (χ0n) is 10.9. The number of hydrogen-bond acceptors (Lipinski definition) is 7. The summed E-state index contributed by atoms with van der Waals surface area (Å²) in [6, 6.07) is 1.32. The van der Waals surface area contributed by atoms with E-state index >= 15 is 0 Å². The Balaban J connectivity index is 3.00. The van der Waals surface area contributed by atoms with E-state index in [0.29, 0.717) is 9.88 Å². The zero-order chi connectivity index (χ0) is 14.8. The van der Waals surface area contributed by atoms with Crippen molar-refractivity contribution in [2.45, 2.75) is 13.0 Å². The fourth-order valence-electron chi connectivity index (χ4n) is 1.40. The third kappa shape index (κ3) is 4.44. The smallest absolute Gasteiger partial charge is 0.304 e. The highest BCUT2D eigenvalue weighted by atomic mass is 32.2. The minimum atomic E-state index is -3.13. The quantitative estimate of drug-likeness (QED) is 0.626. The third-order valence-electron chi connectivity index (χ3n) is 2.47. The van der Waals surface area contributed by atoms with Crippen LogP contribution in [-0.4, -0.2) is 44.0 Å². The third-order valence-corrected chi connectivity index (χ3v) is 4.80. The largest absolute Gasteiger partial charge is 0.388 e. The number of thiophene rings is 1.